The molecule has 1 aliphatic carbocycles. The molecule has 1 unspecified atom stereocenters. The zero-order chi connectivity index (χ0) is 17.9. The maximum atomic E-state index is 12.3. The molecule has 0 aromatic carbocycles. The Morgan fingerprint density at radius 3 is 2.84 bits per heavy atom. The van der Waals surface area contributed by atoms with Crippen molar-refractivity contribution in [3.8, 4) is 0 Å². The van der Waals surface area contributed by atoms with Crippen LogP contribution < -0.4 is 0 Å². The van der Waals surface area contributed by atoms with Gasteiger partial charge in [-0.2, -0.15) is 0 Å². The predicted octanol–water partition coefficient (Wildman–Crippen LogP) is 3.17. The van der Waals surface area contributed by atoms with Crippen molar-refractivity contribution in [3.05, 3.63) is 12.3 Å². The molecule has 25 heavy (non-hydrogen) atoms. The van der Waals surface area contributed by atoms with E-state index in [9.17, 15) is 9.59 Å². The van der Waals surface area contributed by atoms with Gasteiger partial charge in [0.05, 0.1) is 31.4 Å². The van der Waals surface area contributed by atoms with Crippen LogP contribution in [0.1, 0.15) is 64.2 Å². The Morgan fingerprint density at radius 2 is 2.12 bits per heavy atom. The van der Waals surface area contributed by atoms with Crippen molar-refractivity contribution in [3.63, 3.8) is 0 Å². The standard InChI is InChI=1S/C19H28N2O4/c1-14-19(13-17(22)21(14)11-10-18(23)24-2)12-16(20-25-19)9-8-15-6-4-3-5-7-15/h15H,1,3-13H2,2H3. The summed E-state index contributed by atoms with van der Waals surface area (Å²) >= 11 is 0. The minimum atomic E-state index is -0.727. The number of likely N-dealkylation sites (tertiary alicyclic amines) is 1. The van der Waals surface area contributed by atoms with Crippen molar-refractivity contribution in [1.29, 1.82) is 0 Å². The number of methoxy groups -OCH3 is 1. The van der Waals surface area contributed by atoms with Gasteiger partial charge >= 0.3 is 5.97 Å². The highest BCUT2D eigenvalue weighted by molar-refractivity contribution is 5.91. The van der Waals surface area contributed by atoms with Crippen LogP contribution in [-0.4, -0.2) is 41.7 Å². The highest BCUT2D eigenvalue weighted by Gasteiger charge is 2.52. The Kier molecular flexibility index (Phi) is 5.45. The number of hydrogen-bond donors (Lipinski definition) is 0. The normalized spacial score (nSPS) is 26.9. The smallest absolute Gasteiger partial charge is 0.307 e. The van der Waals surface area contributed by atoms with E-state index in [1.54, 1.807) is 4.90 Å². The molecule has 0 N–H and O–H groups in total. The van der Waals surface area contributed by atoms with E-state index >= 15 is 0 Å². The fraction of sp³-hybridized carbons (Fsp3) is 0.737. The second-order valence-corrected chi connectivity index (χ2v) is 7.46. The first-order valence-electron chi connectivity index (χ1n) is 9.34. The highest BCUT2D eigenvalue weighted by Crippen LogP contribution is 2.42. The molecule has 3 aliphatic rings. The minimum absolute atomic E-state index is 0.0577. The zero-order valence-corrected chi connectivity index (χ0v) is 15.1. The number of hydrogen-bond acceptors (Lipinski definition) is 5. The molecule has 2 heterocycles. The molecule has 1 saturated heterocycles. The Hall–Kier alpha value is -1.85. The van der Waals surface area contributed by atoms with E-state index in [4.69, 9.17) is 4.84 Å². The van der Waals surface area contributed by atoms with Gasteiger partial charge in [0.15, 0.2) is 5.60 Å². The number of rotatable bonds is 6. The van der Waals surface area contributed by atoms with Crippen LogP contribution in [-0.2, 0) is 19.2 Å². The number of carbonyl (C=O) groups is 2. The molecule has 2 aliphatic heterocycles. The number of nitrogens with zero attached hydrogens (tertiary/aromatic N) is 2. The van der Waals surface area contributed by atoms with E-state index in [-0.39, 0.29) is 31.3 Å². The van der Waals surface area contributed by atoms with Crippen LogP contribution in [0, 0.1) is 5.92 Å². The van der Waals surface area contributed by atoms with Crippen LogP contribution in [0.25, 0.3) is 0 Å². The summed E-state index contributed by atoms with van der Waals surface area (Å²) < 4.78 is 4.64. The molecule has 1 amide bonds. The molecule has 2 fully saturated rings. The average Bonchev–Trinajstić information content (AvgIpc) is 3.14. The van der Waals surface area contributed by atoms with Crippen molar-refractivity contribution in [2.24, 2.45) is 11.1 Å². The third-order valence-electron chi connectivity index (χ3n) is 5.76. The molecule has 6 heteroatoms. The predicted molar refractivity (Wildman–Crippen MR) is 93.8 cm³/mol. The fourth-order valence-corrected chi connectivity index (χ4v) is 4.18. The summed E-state index contributed by atoms with van der Waals surface area (Å²) in [7, 11) is 1.34. The number of ether oxygens (including phenoxy) is 1. The first-order chi connectivity index (χ1) is 12.0. The van der Waals surface area contributed by atoms with Crippen LogP contribution in [0.5, 0.6) is 0 Å². The Balaban J connectivity index is 1.52. The molecule has 0 radical (unpaired) electrons. The summed E-state index contributed by atoms with van der Waals surface area (Å²) in [5.74, 6) is 0.411. The quantitative estimate of drug-likeness (QED) is 0.692. The maximum Gasteiger partial charge on any atom is 0.307 e. The summed E-state index contributed by atoms with van der Waals surface area (Å²) in [6, 6.07) is 0. The van der Waals surface area contributed by atoms with Gasteiger partial charge in [-0.05, 0) is 18.8 Å². The molecule has 1 spiro atoms. The third-order valence-corrected chi connectivity index (χ3v) is 5.76. The van der Waals surface area contributed by atoms with Crippen LogP contribution in [0.15, 0.2) is 17.4 Å². The summed E-state index contributed by atoms with van der Waals surface area (Å²) in [6.45, 7) is 4.35. The lowest BCUT2D eigenvalue weighted by Crippen LogP contribution is -2.32. The number of amides is 1. The molecule has 0 bridgehead atoms. The molecule has 3 rings (SSSR count). The van der Waals surface area contributed by atoms with Crippen LogP contribution in [0.3, 0.4) is 0 Å². The summed E-state index contributed by atoms with van der Waals surface area (Å²) in [6.07, 6.45) is 9.86. The van der Waals surface area contributed by atoms with Crippen molar-refractivity contribution in [2.75, 3.05) is 13.7 Å². The molecule has 6 nitrogen and oxygen atoms in total. The van der Waals surface area contributed by atoms with E-state index in [0.29, 0.717) is 12.1 Å². The summed E-state index contributed by atoms with van der Waals surface area (Å²) in [4.78, 5) is 30.9. The first kappa shape index (κ1) is 18.0. The van der Waals surface area contributed by atoms with Crippen molar-refractivity contribution < 1.29 is 19.2 Å². The van der Waals surface area contributed by atoms with Gasteiger partial charge in [-0.25, -0.2) is 0 Å². The van der Waals surface area contributed by atoms with Crippen molar-refractivity contribution >= 4 is 17.6 Å². The van der Waals surface area contributed by atoms with Crippen molar-refractivity contribution in [1.82, 2.24) is 4.90 Å². The topological polar surface area (TPSA) is 68.2 Å². The lowest BCUT2D eigenvalue weighted by molar-refractivity contribution is -0.141. The van der Waals surface area contributed by atoms with Gasteiger partial charge in [0.25, 0.3) is 0 Å². The van der Waals surface area contributed by atoms with Gasteiger partial charge < -0.3 is 14.5 Å². The van der Waals surface area contributed by atoms with Crippen molar-refractivity contribution in [2.45, 2.75) is 69.8 Å². The van der Waals surface area contributed by atoms with Gasteiger partial charge in [0.2, 0.25) is 5.91 Å². The van der Waals surface area contributed by atoms with Gasteiger partial charge in [0.1, 0.15) is 0 Å². The number of oxime groups is 1. The minimum Gasteiger partial charge on any atom is -0.469 e. The second kappa shape index (κ2) is 7.58. The lowest BCUT2D eigenvalue weighted by Gasteiger charge is -2.24. The fourth-order valence-electron chi connectivity index (χ4n) is 4.18. The second-order valence-electron chi connectivity index (χ2n) is 7.46. The van der Waals surface area contributed by atoms with Crippen LogP contribution >= 0.6 is 0 Å². The molecular formula is C19H28N2O4. The molecule has 138 valence electrons. The molecule has 0 aromatic heterocycles. The third kappa shape index (κ3) is 3.88. The maximum absolute atomic E-state index is 12.3. The van der Waals surface area contributed by atoms with E-state index in [1.165, 1.54) is 39.2 Å². The summed E-state index contributed by atoms with van der Waals surface area (Å²) in [5, 5.41) is 4.27. The number of carbonyl (C=O) groups excluding carboxylic acids is 2. The summed E-state index contributed by atoms with van der Waals surface area (Å²) in [5.41, 5.74) is 0.932. The van der Waals surface area contributed by atoms with Gasteiger partial charge in [-0.3, -0.25) is 9.59 Å². The van der Waals surface area contributed by atoms with E-state index in [1.807, 2.05) is 0 Å². The van der Waals surface area contributed by atoms with E-state index < -0.39 is 5.60 Å². The van der Waals surface area contributed by atoms with E-state index in [2.05, 4.69) is 16.5 Å². The molecule has 1 atom stereocenters. The van der Waals surface area contributed by atoms with Gasteiger partial charge in [-0.1, -0.05) is 43.8 Å². The Morgan fingerprint density at radius 1 is 1.36 bits per heavy atom. The molecule has 0 aromatic rings. The highest BCUT2D eigenvalue weighted by atomic mass is 16.7. The Bertz CT molecular complexity index is 580. The van der Waals surface area contributed by atoms with Crippen LogP contribution in [0.4, 0.5) is 0 Å². The monoisotopic (exact) mass is 348 g/mol. The zero-order valence-electron chi connectivity index (χ0n) is 15.1. The SMILES string of the molecule is C=C1N(CCC(=O)OC)C(=O)CC12CC(CCC1CCCCC1)=NO2. The molecular weight excluding hydrogens is 320 g/mol. The average molecular weight is 348 g/mol. The van der Waals surface area contributed by atoms with E-state index in [0.717, 1.165) is 24.5 Å². The van der Waals surface area contributed by atoms with Gasteiger partial charge in [0, 0.05) is 13.0 Å². The van der Waals surface area contributed by atoms with Gasteiger partial charge in [-0.15, -0.1) is 0 Å². The van der Waals surface area contributed by atoms with Crippen LogP contribution in [0.2, 0.25) is 0 Å². The molecule has 1 saturated carbocycles. The lowest BCUT2D eigenvalue weighted by atomic mass is 9.84. The Labute approximate surface area is 149 Å². The largest absolute Gasteiger partial charge is 0.469 e. The first-order valence-corrected chi connectivity index (χ1v) is 9.34. The number of esters is 1.